The topological polar surface area (TPSA) is 67.9 Å². The number of aryl methyl sites for hydroxylation is 1. The van der Waals surface area contributed by atoms with E-state index in [1.165, 1.54) is 0 Å². The summed E-state index contributed by atoms with van der Waals surface area (Å²) in [6.45, 7) is 1.51. The van der Waals surface area contributed by atoms with Crippen molar-refractivity contribution in [3.63, 3.8) is 0 Å². The first kappa shape index (κ1) is 17.8. The molecule has 1 N–H and O–H groups in total. The highest BCUT2D eigenvalue weighted by Gasteiger charge is 2.21. The van der Waals surface area contributed by atoms with E-state index in [9.17, 15) is 9.59 Å². The van der Waals surface area contributed by atoms with Gasteiger partial charge in [0.25, 0.3) is 0 Å². The smallest absolute Gasteiger partial charge is 0.410 e. The number of nitrogens with zero attached hydrogens (tertiary/aromatic N) is 1. The van der Waals surface area contributed by atoms with Crippen LogP contribution in [0.4, 0.5) is 10.5 Å². The molecule has 26 heavy (non-hydrogen) atoms. The molecule has 1 fully saturated rings. The van der Waals surface area contributed by atoms with Gasteiger partial charge in [-0.05, 0) is 41.8 Å². The van der Waals surface area contributed by atoms with Crippen LogP contribution >= 0.6 is 0 Å². The number of methoxy groups -OCH3 is 1. The first-order valence-electron chi connectivity index (χ1n) is 8.57. The van der Waals surface area contributed by atoms with Crippen molar-refractivity contribution in [2.75, 3.05) is 25.6 Å². The molecule has 1 aliphatic rings. The number of anilines is 1. The molecule has 2 aromatic carbocycles. The van der Waals surface area contributed by atoms with Gasteiger partial charge in [-0.3, -0.25) is 4.79 Å². The number of hydrogen-bond donors (Lipinski definition) is 1. The average molecular weight is 354 g/mol. The lowest BCUT2D eigenvalue weighted by atomic mass is 10.1. The van der Waals surface area contributed by atoms with Gasteiger partial charge in [-0.1, -0.05) is 24.3 Å². The summed E-state index contributed by atoms with van der Waals surface area (Å²) in [5, 5.41) is 2.91. The van der Waals surface area contributed by atoms with Crippen LogP contribution in [-0.4, -0.2) is 37.2 Å². The molecule has 136 valence electrons. The SMILES string of the molecule is COc1ccc(CCC(=O)Nc2cccc(CN3CCOC3=O)c2)cc1. The number of cyclic esters (lactones) is 1. The maximum absolute atomic E-state index is 12.2. The molecule has 6 nitrogen and oxygen atoms in total. The maximum atomic E-state index is 12.2. The molecule has 0 radical (unpaired) electrons. The number of carbonyl (C=O) groups is 2. The van der Waals surface area contributed by atoms with Crippen LogP contribution in [0.3, 0.4) is 0 Å². The summed E-state index contributed by atoms with van der Waals surface area (Å²) in [6.07, 6.45) is 0.767. The van der Waals surface area contributed by atoms with Gasteiger partial charge in [-0.25, -0.2) is 4.79 Å². The Hall–Kier alpha value is -3.02. The molecular weight excluding hydrogens is 332 g/mol. The van der Waals surface area contributed by atoms with Crippen molar-refractivity contribution in [3.8, 4) is 5.75 Å². The van der Waals surface area contributed by atoms with E-state index in [4.69, 9.17) is 9.47 Å². The average Bonchev–Trinajstić information content (AvgIpc) is 3.05. The van der Waals surface area contributed by atoms with Crippen LogP contribution in [0.15, 0.2) is 48.5 Å². The van der Waals surface area contributed by atoms with E-state index in [0.717, 1.165) is 22.6 Å². The third-order valence-corrected chi connectivity index (χ3v) is 4.23. The van der Waals surface area contributed by atoms with E-state index in [0.29, 0.717) is 32.5 Å². The highest BCUT2D eigenvalue weighted by atomic mass is 16.6. The fraction of sp³-hybridized carbons (Fsp3) is 0.300. The van der Waals surface area contributed by atoms with Crippen LogP contribution < -0.4 is 10.1 Å². The normalized spacial score (nSPS) is 13.4. The quantitative estimate of drug-likeness (QED) is 0.829. The molecule has 1 heterocycles. The van der Waals surface area contributed by atoms with E-state index < -0.39 is 0 Å². The molecule has 6 heteroatoms. The second kappa shape index (κ2) is 8.38. The predicted molar refractivity (Wildman–Crippen MR) is 98.1 cm³/mol. The standard InChI is InChI=1S/C20H22N2O4/c1-25-18-8-5-15(6-9-18)7-10-19(23)21-17-4-2-3-16(13-17)14-22-11-12-26-20(22)24/h2-6,8-9,13H,7,10-12,14H2,1H3,(H,21,23). The maximum Gasteiger partial charge on any atom is 0.410 e. The van der Waals surface area contributed by atoms with E-state index >= 15 is 0 Å². The number of ether oxygens (including phenoxy) is 2. The fourth-order valence-corrected chi connectivity index (χ4v) is 2.81. The van der Waals surface area contributed by atoms with Gasteiger partial charge in [0.2, 0.25) is 5.91 Å². The van der Waals surface area contributed by atoms with Crippen molar-refractivity contribution in [2.45, 2.75) is 19.4 Å². The zero-order valence-corrected chi connectivity index (χ0v) is 14.7. The monoisotopic (exact) mass is 354 g/mol. The molecule has 0 bridgehead atoms. The third kappa shape index (κ3) is 4.75. The van der Waals surface area contributed by atoms with Crippen LogP contribution in [-0.2, 0) is 22.5 Å². The minimum atomic E-state index is -0.293. The van der Waals surface area contributed by atoms with Crippen LogP contribution in [0.1, 0.15) is 17.5 Å². The van der Waals surface area contributed by atoms with Crippen molar-refractivity contribution in [1.82, 2.24) is 4.90 Å². The van der Waals surface area contributed by atoms with Crippen molar-refractivity contribution in [3.05, 3.63) is 59.7 Å². The van der Waals surface area contributed by atoms with Crippen molar-refractivity contribution in [1.29, 1.82) is 0 Å². The minimum Gasteiger partial charge on any atom is -0.497 e. The Kier molecular flexibility index (Phi) is 5.73. The highest BCUT2D eigenvalue weighted by molar-refractivity contribution is 5.90. The molecule has 1 saturated heterocycles. The Morgan fingerprint density at radius 3 is 2.69 bits per heavy atom. The Balaban J connectivity index is 1.51. The van der Waals surface area contributed by atoms with E-state index in [-0.39, 0.29) is 12.0 Å². The van der Waals surface area contributed by atoms with Gasteiger partial charge < -0.3 is 19.7 Å². The van der Waals surface area contributed by atoms with E-state index in [2.05, 4.69) is 5.32 Å². The molecule has 3 rings (SSSR count). The molecule has 0 atom stereocenters. The predicted octanol–water partition coefficient (Wildman–Crippen LogP) is 3.22. The van der Waals surface area contributed by atoms with Gasteiger partial charge >= 0.3 is 6.09 Å². The van der Waals surface area contributed by atoms with Gasteiger partial charge in [-0.2, -0.15) is 0 Å². The Bertz CT molecular complexity index is 774. The lowest BCUT2D eigenvalue weighted by Gasteiger charge is -2.13. The van der Waals surface area contributed by atoms with Crippen LogP contribution in [0.2, 0.25) is 0 Å². The summed E-state index contributed by atoms with van der Waals surface area (Å²) in [7, 11) is 1.63. The van der Waals surface area contributed by atoms with Gasteiger partial charge in [0.1, 0.15) is 12.4 Å². The van der Waals surface area contributed by atoms with Crippen molar-refractivity contribution >= 4 is 17.7 Å². The number of hydrogen-bond acceptors (Lipinski definition) is 4. The summed E-state index contributed by atoms with van der Waals surface area (Å²) in [5.74, 6) is 0.760. The summed E-state index contributed by atoms with van der Waals surface area (Å²) in [4.78, 5) is 25.4. The number of benzene rings is 2. The molecule has 0 aromatic heterocycles. The van der Waals surface area contributed by atoms with Crippen LogP contribution in [0.25, 0.3) is 0 Å². The number of rotatable bonds is 7. The van der Waals surface area contributed by atoms with Crippen molar-refractivity contribution in [2.24, 2.45) is 0 Å². The van der Waals surface area contributed by atoms with Gasteiger partial charge in [0, 0.05) is 18.7 Å². The number of carbonyl (C=O) groups excluding carboxylic acids is 2. The fourth-order valence-electron chi connectivity index (χ4n) is 2.81. The summed E-state index contributed by atoms with van der Waals surface area (Å²) in [6, 6.07) is 15.2. The summed E-state index contributed by atoms with van der Waals surface area (Å²) >= 11 is 0. The second-order valence-corrected chi connectivity index (χ2v) is 6.13. The zero-order valence-electron chi connectivity index (χ0n) is 14.7. The summed E-state index contributed by atoms with van der Waals surface area (Å²) in [5.41, 5.74) is 2.77. The molecule has 2 amide bonds. The van der Waals surface area contributed by atoms with Gasteiger partial charge in [0.05, 0.1) is 13.7 Å². The molecule has 0 saturated carbocycles. The minimum absolute atomic E-state index is 0.0430. The third-order valence-electron chi connectivity index (χ3n) is 4.23. The Morgan fingerprint density at radius 2 is 2.00 bits per heavy atom. The molecule has 0 unspecified atom stereocenters. The first-order chi connectivity index (χ1) is 12.6. The first-order valence-corrected chi connectivity index (χ1v) is 8.57. The lowest BCUT2D eigenvalue weighted by molar-refractivity contribution is -0.116. The second-order valence-electron chi connectivity index (χ2n) is 6.13. The molecular formula is C20H22N2O4. The van der Waals surface area contributed by atoms with Gasteiger partial charge in [-0.15, -0.1) is 0 Å². The Morgan fingerprint density at radius 1 is 1.19 bits per heavy atom. The van der Waals surface area contributed by atoms with Crippen molar-refractivity contribution < 1.29 is 19.1 Å². The summed E-state index contributed by atoms with van der Waals surface area (Å²) < 4.78 is 10.1. The van der Waals surface area contributed by atoms with E-state index in [1.807, 2.05) is 48.5 Å². The van der Waals surface area contributed by atoms with Crippen LogP contribution in [0.5, 0.6) is 5.75 Å². The highest BCUT2D eigenvalue weighted by Crippen LogP contribution is 2.16. The Labute approximate surface area is 152 Å². The lowest BCUT2D eigenvalue weighted by Crippen LogP contribution is -2.23. The number of amides is 2. The molecule has 1 aliphatic heterocycles. The van der Waals surface area contributed by atoms with E-state index in [1.54, 1.807) is 12.0 Å². The number of nitrogens with one attached hydrogen (secondary N) is 1. The largest absolute Gasteiger partial charge is 0.497 e. The van der Waals surface area contributed by atoms with Crippen LogP contribution in [0, 0.1) is 0 Å². The van der Waals surface area contributed by atoms with Gasteiger partial charge in [0.15, 0.2) is 0 Å². The molecule has 2 aromatic rings. The molecule has 0 spiro atoms. The molecule has 0 aliphatic carbocycles. The zero-order chi connectivity index (χ0) is 18.4.